The molecule has 1 rings (SSSR count). The van der Waals surface area contributed by atoms with E-state index in [0.717, 1.165) is 12.1 Å². The van der Waals surface area contributed by atoms with E-state index >= 15 is 0 Å². The van der Waals surface area contributed by atoms with Gasteiger partial charge in [-0.05, 0) is 38.5 Å². The Morgan fingerprint density at radius 1 is 1.33 bits per heavy atom. The summed E-state index contributed by atoms with van der Waals surface area (Å²) < 4.78 is 5.39. The quantitative estimate of drug-likeness (QED) is 0.715. The zero-order valence-electron chi connectivity index (χ0n) is 11.3. The zero-order valence-corrected chi connectivity index (χ0v) is 11.3. The van der Waals surface area contributed by atoms with Crippen molar-refractivity contribution in [1.82, 2.24) is 5.32 Å². The van der Waals surface area contributed by atoms with Crippen molar-refractivity contribution in [2.24, 2.45) is 0 Å². The van der Waals surface area contributed by atoms with E-state index in [9.17, 15) is 5.11 Å². The molecule has 1 aromatic rings. The molecule has 4 heteroatoms. The van der Waals surface area contributed by atoms with Crippen molar-refractivity contribution in [2.45, 2.75) is 39.0 Å². The first-order valence-corrected chi connectivity index (χ1v) is 6.16. The predicted molar refractivity (Wildman–Crippen MR) is 71.6 cm³/mol. The third-order valence-electron chi connectivity index (χ3n) is 2.37. The number of nitrogens with one attached hydrogen (secondary N) is 1. The van der Waals surface area contributed by atoms with Crippen molar-refractivity contribution in [2.75, 3.05) is 13.2 Å². The van der Waals surface area contributed by atoms with Crippen LogP contribution in [0, 0.1) is 0 Å². The molecule has 0 spiro atoms. The van der Waals surface area contributed by atoms with Crippen LogP contribution in [0.3, 0.4) is 0 Å². The fraction of sp³-hybridized carbons (Fsp3) is 0.571. The van der Waals surface area contributed by atoms with Crippen LogP contribution in [0.15, 0.2) is 24.3 Å². The predicted octanol–water partition coefficient (Wildman–Crippen LogP) is 1.31. The summed E-state index contributed by atoms with van der Waals surface area (Å²) in [5.74, 6) is 0.704. The molecule has 1 aromatic carbocycles. The highest BCUT2D eigenvalue weighted by Crippen LogP contribution is 2.14. The van der Waals surface area contributed by atoms with E-state index in [2.05, 4.69) is 26.1 Å². The lowest BCUT2D eigenvalue weighted by Crippen LogP contribution is -2.35. The molecular weight excluding hydrogens is 230 g/mol. The van der Waals surface area contributed by atoms with Crippen molar-refractivity contribution in [1.29, 1.82) is 0 Å². The van der Waals surface area contributed by atoms with Crippen molar-refractivity contribution in [3.63, 3.8) is 0 Å². The molecule has 0 aromatic heterocycles. The third-order valence-corrected chi connectivity index (χ3v) is 2.37. The lowest BCUT2D eigenvalue weighted by Gasteiger charge is -2.20. The molecular formula is C14H23NO3. The maximum atomic E-state index is 9.21. The van der Waals surface area contributed by atoms with Crippen LogP contribution < -0.4 is 10.1 Å². The Hall–Kier alpha value is -1.10. The van der Waals surface area contributed by atoms with Gasteiger partial charge in [0.25, 0.3) is 0 Å². The van der Waals surface area contributed by atoms with Crippen LogP contribution in [-0.4, -0.2) is 35.1 Å². The fourth-order valence-corrected chi connectivity index (χ4v) is 1.36. The van der Waals surface area contributed by atoms with Gasteiger partial charge in [0.2, 0.25) is 0 Å². The van der Waals surface area contributed by atoms with Crippen molar-refractivity contribution in [3.05, 3.63) is 29.8 Å². The highest BCUT2D eigenvalue weighted by Gasteiger charge is 2.09. The molecule has 1 atom stereocenters. The van der Waals surface area contributed by atoms with Crippen LogP contribution in [0.25, 0.3) is 0 Å². The van der Waals surface area contributed by atoms with Gasteiger partial charge in [0, 0.05) is 12.1 Å². The summed E-state index contributed by atoms with van der Waals surface area (Å²) in [6.07, 6.45) is -0.832. The molecule has 102 valence electrons. The topological polar surface area (TPSA) is 61.7 Å². The maximum absolute atomic E-state index is 9.21. The highest BCUT2D eigenvalue weighted by atomic mass is 16.5. The Kier molecular flexibility index (Phi) is 5.59. The second kappa shape index (κ2) is 6.73. The van der Waals surface area contributed by atoms with Crippen LogP contribution in [0.1, 0.15) is 26.3 Å². The molecule has 0 fully saturated rings. The third kappa shape index (κ3) is 6.00. The first kappa shape index (κ1) is 15.0. The van der Waals surface area contributed by atoms with Crippen LogP contribution in [-0.2, 0) is 6.54 Å². The monoisotopic (exact) mass is 253 g/mol. The Labute approximate surface area is 109 Å². The summed E-state index contributed by atoms with van der Waals surface area (Å²) in [5, 5.41) is 21.3. The van der Waals surface area contributed by atoms with E-state index in [4.69, 9.17) is 9.84 Å². The number of aliphatic hydroxyl groups excluding tert-OH is 2. The van der Waals surface area contributed by atoms with Crippen LogP contribution in [0.5, 0.6) is 5.75 Å². The van der Waals surface area contributed by atoms with Gasteiger partial charge in [0.05, 0.1) is 6.61 Å². The first-order chi connectivity index (χ1) is 8.40. The molecule has 3 N–H and O–H groups in total. The molecule has 4 nitrogen and oxygen atoms in total. The first-order valence-electron chi connectivity index (χ1n) is 6.16. The average molecular weight is 253 g/mol. The van der Waals surface area contributed by atoms with E-state index in [1.807, 2.05) is 24.3 Å². The summed E-state index contributed by atoms with van der Waals surface area (Å²) >= 11 is 0. The van der Waals surface area contributed by atoms with E-state index in [0.29, 0.717) is 5.75 Å². The van der Waals surface area contributed by atoms with Gasteiger partial charge in [-0.15, -0.1) is 0 Å². The second-order valence-corrected chi connectivity index (χ2v) is 5.40. The van der Waals surface area contributed by atoms with Gasteiger partial charge in [-0.2, -0.15) is 0 Å². The van der Waals surface area contributed by atoms with Gasteiger partial charge in [0.15, 0.2) is 0 Å². The highest BCUT2D eigenvalue weighted by molar-refractivity contribution is 5.28. The number of hydrogen-bond acceptors (Lipinski definition) is 4. The summed E-state index contributed by atoms with van der Waals surface area (Å²) in [7, 11) is 0. The molecule has 1 unspecified atom stereocenters. The molecule has 0 radical (unpaired) electrons. The molecule has 0 amide bonds. The van der Waals surface area contributed by atoms with Crippen molar-refractivity contribution in [3.8, 4) is 5.75 Å². The van der Waals surface area contributed by atoms with Gasteiger partial charge in [-0.1, -0.05) is 12.1 Å². The number of benzene rings is 1. The van der Waals surface area contributed by atoms with Gasteiger partial charge >= 0.3 is 0 Å². The average Bonchev–Trinajstić information content (AvgIpc) is 2.33. The Morgan fingerprint density at radius 2 is 2.06 bits per heavy atom. The molecule has 0 aliphatic carbocycles. The van der Waals surface area contributed by atoms with E-state index < -0.39 is 6.10 Å². The minimum atomic E-state index is -0.832. The van der Waals surface area contributed by atoms with Gasteiger partial charge in [0.1, 0.15) is 18.5 Å². The summed E-state index contributed by atoms with van der Waals surface area (Å²) in [5.41, 5.74) is 1.20. The molecule has 0 aliphatic rings. The van der Waals surface area contributed by atoms with Gasteiger partial charge in [-0.25, -0.2) is 0 Å². The zero-order chi connectivity index (χ0) is 13.6. The van der Waals surface area contributed by atoms with E-state index in [1.165, 1.54) is 0 Å². The smallest absolute Gasteiger partial charge is 0.119 e. The van der Waals surface area contributed by atoms with Crippen LogP contribution in [0.2, 0.25) is 0 Å². The molecule has 0 saturated carbocycles. The molecule has 0 saturated heterocycles. The largest absolute Gasteiger partial charge is 0.491 e. The lowest BCUT2D eigenvalue weighted by molar-refractivity contribution is 0.0536. The number of rotatable bonds is 6. The minimum Gasteiger partial charge on any atom is -0.491 e. The number of hydrogen-bond donors (Lipinski definition) is 3. The number of ether oxygens (including phenoxy) is 1. The second-order valence-electron chi connectivity index (χ2n) is 5.40. The van der Waals surface area contributed by atoms with Gasteiger partial charge in [-0.3, -0.25) is 0 Å². The maximum Gasteiger partial charge on any atom is 0.119 e. The molecule has 0 aliphatic heterocycles. The Bertz CT molecular complexity index is 360. The molecule has 0 bridgehead atoms. The number of aliphatic hydroxyl groups is 2. The normalized spacial score (nSPS) is 13.4. The molecule has 18 heavy (non-hydrogen) atoms. The van der Waals surface area contributed by atoms with Crippen molar-refractivity contribution >= 4 is 0 Å². The van der Waals surface area contributed by atoms with Gasteiger partial charge < -0.3 is 20.3 Å². The fourth-order valence-electron chi connectivity index (χ4n) is 1.36. The van der Waals surface area contributed by atoms with E-state index in [1.54, 1.807) is 0 Å². The van der Waals surface area contributed by atoms with Crippen LogP contribution in [0.4, 0.5) is 0 Å². The Balaban J connectivity index is 2.51. The summed E-state index contributed by atoms with van der Waals surface area (Å²) in [6.45, 7) is 6.93. The summed E-state index contributed by atoms with van der Waals surface area (Å²) in [6, 6.07) is 7.71. The Morgan fingerprint density at radius 3 is 2.67 bits per heavy atom. The van der Waals surface area contributed by atoms with Crippen LogP contribution >= 0.6 is 0 Å². The summed E-state index contributed by atoms with van der Waals surface area (Å²) in [4.78, 5) is 0. The van der Waals surface area contributed by atoms with E-state index in [-0.39, 0.29) is 18.8 Å². The molecule has 0 heterocycles. The standard InChI is InChI=1S/C14H23NO3/c1-14(2,3)15-8-11-5-4-6-13(7-11)18-10-12(17)9-16/h4-7,12,15-17H,8-10H2,1-3H3. The minimum absolute atomic E-state index is 0.0734. The lowest BCUT2D eigenvalue weighted by atomic mass is 10.1. The SMILES string of the molecule is CC(C)(C)NCc1cccc(OCC(O)CO)c1. The van der Waals surface area contributed by atoms with Crippen molar-refractivity contribution < 1.29 is 14.9 Å².